The fourth-order valence-corrected chi connectivity index (χ4v) is 3.58. The lowest BCUT2D eigenvalue weighted by Gasteiger charge is -2.44. The molecule has 0 aromatic heterocycles. The third kappa shape index (κ3) is 3.45. The van der Waals surface area contributed by atoms with Crippen LogP contribution in [0.15, 0.2) is 35.5 Å². The first-order chi connectivity index (χ1) is 12.7. The largest absolute Gasteiger partial charge is 0.416 e. The van der Waals surface area contributed by atoms with Crippen LogP contribution in [0, 0.1) is 6.92 Å². The van der Waals surface area contributed by atoms with Gasteiger partial charge in [0, 0.05) is 25.2 Å². The van der Waals surface area contributed by atoms with Crippen molar-refractivity contribution in [1.82, 2.24) is 10.2 Å². The molecule has 1 amide bonds. The number of nitrogens with one attached hydrogen (secondary N) is 1. The molecule has 2 aliphatic rings. The van der Waals surface area contributed by atoms with E-state index in [1.54, 1.807) is 24.0 Å². The molecule has 1 atom stereocenters. The highest BCUT2D eigenvalue weighted by molar-refractivity contribution is 6.19. The fraction of sp³-hybridized carbons (Fsp3) is 0.474. The van der Waals surface area contributed by atoms with Crippen molar-refractivity contribution in [2.45, 2.75) is 32.0 Å². The van der Waals surface area contributed by atoms with Crippen LogP contribution in [0.4, 0.5) is 13.2 Å². The number of benzene rings is 1. The highest BCUT2D eigenvalue weighted by atomic mass is 19.4. The number of hydrogen-bond acceptors (Lipinski definition) is 4. The molecule has 3 rings (SSSR count). The van der Waals surface area contributed by atoms with Gasteiger partial charge in [0.1, 0.15) is 5.57 Å². The second kappa shape index (κ2) is 6.99. The average Bonchev–Trinajstić information content (AvgIpc) is 2.61. The van der Waals surface area contributed by atoms with E-state index in [0.29, 0.717) is 26.3 Å². The van der Waals surface area contributed by atoms with E-state index >= 15 is 0 Å². The number of ketones is 1. The average molecular weight is 382 g/mol. The van der Waals surface area contributed by atoms with Crippen molar-refractivity contribution in [1.29, 1.82) is 0 Å². The number of Topliss-reactive ketones (excluding diaryl/α,β-unsaturated/α-hetero) is 1. The van der Waals surface area contributed by atoms with Crippen LogP contribution in [-0.4, -0.2) is 49.1 Å². The normalized spacial score (nSPS) is 24.0. The van der Waals surface area contributed by atoms with Gasteiger partial charge in [0.2, 0.25) is 0 Å². The van der Waals surface area contributed by atoms with Crippen molar-refractivity contribution in [3.8, 4) is 0 Å². The molecule has 2 heterocycles. The van der Waals surface area contributed by atoms with E-state index in [1.807, 2.05) is 0 Å². The third-order valence-electron chi connectivity index (χ3n) is 5.05. The Hall–Kier alpha value is -2.35. The zero-order chi connectivity index (χ0) is 19.8. The van der Waals surface area contributed by atoms with E-state index < -0.39 is 29.8 Å². The summed E-state index contributed by atoms with van der Waals surface area (Å²) in [6, 6.07) is 5.90. The van der Waals surface area contributed by atoms with Crippen molar-refractivity contribution in [3.05, 3.63) is 46.7 Å². The molecule has 0 aliphatic carbocycles. The van der Waals surface area contributed by atoms with E-state index in [2.05, 4.69) is 5.32 Å². The standard InChI is InChI=1S/C19H21F3N2O3/c1-12-3-5-14(6-4-12)18(19(20,21)22)11-15(24-7-9-27-10-8-24)16(13(2)25)17(26)23-18/h3-6H,7-11H2,1-2H3,(H,23,26). The second-order valence-electron chi connectivity index (χ2n) is 6.88. The molecule has 2 aliphatic heterocycles. The highest BCUT2D eigenvalue weighted by Gasteiger charge is 2.60. The molecule has 0 saturated carbocycles. The van der Waals surface area contributed by atoms with Gasteiger partial charge in [0.05, 0.1) is 13.2 Å². The van der Waals surface area contributed by atoms with Crippen molar-refractivity contribution in [3.63, 3.8) is 0 Å². The Bertz CT molecular complexity index is 780. The van der Waals surface area contributed by atoms with Crippen molar-refractivity contribution in [2.24, 2.45) is 0 Å². The Morgan fingerprint density at radius 3 is 2.30 bits per heavy atom. The number of alkyl halides is 3. The molecule has 0 bridgehead atoms. The number of nitrogens with zero attached hydrogens (tertiary/aromatic N) is 1. The van der Waals surface area contributed by atoms with Crippen molar-refractivity contribution < 1.29 is 27.5 Å². The summed E-state index contributed by atoms with van der Waals surface area (Å²) in [5.74, 6) is -1.54. The van der Waals surface area contributed by atoms with Gasteiger partial charge in [-0.2, -0.15) is 13.2 Å². The van der Waals surface area contributed by atoms with Crippen LogP contribution in [0.5, 0.6) is 0 Å². The number of ether oxygens (including phenoxy) is 1. The van der Waals surface area contributed by atoms with Crippen LogP contribution in [0.25, 0.3) is 0 Å². The van der Waals surface area contributed by atoms with E-state index in [9.17, 15) is 22.8 Å². The Morgan fingerprint density at radius 2 is 1.78 bits per heavy atom. The Balaban J connectivity index is 2.15. The van der Waals surface area contributed by atoms with Crippen LogP contribution >= 0.6 is 0 Å². The summed E-state index contributed by atoms with van der Waals surface area (Å²) >= 11 is 0. The fourth-order valence-electron chi connectivity index (χ4n) is 3.58. The topological polar surface area (TPSA) is 58.6 Å². The predicted octanol–water partition coefficient (Wildman–Crippen LogP) is 2.45. The minimum absolute atomic E-state index is 0.0534. The number of aryl methyl sites for hydroxylation is 1. The molecule has 1 aromatic rings. The molecule has 1 aromatic carbocycles. The minimum Gasteiger partial charge on any atom is -0.378 e. The maximum Gasteiger partial charge on any atom is 0.416 e. The minimum atomic E-state index is -4.74. The maximum absolute atomic E-state index is 14.3. The molecule has 0 radical (unpaired) electrons. The number of halogens is 3. The van der Waals surface area contributed by atoms with E-state index in [-0.39, 0.29) is 16.8 Å². The van der Waals surface area contributed by atoms with Gasteiger partial charge >= 0.3 is 6.18 Å². The summed E-state index contributed by atoms with van der Waals surface area (Å²) in [7, 11) is 0. The lowest BCUT2D eigenvalue weighted by atomic mass is 9.79. The quantitative estimate of drug-likeness (QED) is 0.816. The van der Waals surface area contributed by atoms with Gasteiger partial charge < -0.3 is 15.0 Å². The highest BCUT2D eigenvalue weighted by Crippen LogP contribution is 2.46. The first-order valence-electron chi connectivity index (χ1n) is 8.69. The number of carbonyl (C=O) groups excluding carboxylic acids is 2. The summed E-state index contributed by atoms with van der Waals surface area (Å²) in [5.41, 5.74) is -1.89. The molecular weight excluding hydrogens is 361 g/mol. The molecule has 1 unspecified atom stereocenters. The molecule has 8 heteroatoms. The summed E-state index contributed by atoms with van der Waals surface area (Å²) in [5, 5.41) is 2.11. The first kappa shape index (κ1) is 19.4. The molecule has 146 valence electrons. The van der Waals surface area contributed by atoms with E-state index in [1.165, 1.54) is 19.1 Å². The third-order valence-corrected chi connectivity index (χ3v) is 5.05. The molecule has 5 nitrogen and oxygen atoms in total. The number of amides is 1. The van der Waals surface area contributed by atoms with Gasteiger partial charge in [-0.3, -0.25) is 9.59 Å². The van der Waals surface area contributed by atoms with Crippen LogP contribution in [0.3, 0.4) is 0 Å². The predicted molar refractivity (Wildman–Crippen MR) is 91.8 cm³/mol. The van der Waals surface area contributed by atoms with Gasteiger partial charge in [0.15, 0.2) is 11.3 Å². The van der Waals surface area contributed by atoms with Gasteiger partial charge in [-0.25, -0.2) is 0 Å². The van der Waals surface area contributed by atoms with Crippen molar-refractivity contribution in [2.75, 3.05) is 26.3 Å². The molecular formula is C19H21F3N2O3. The second-order valence-corrected chi connectivity index (χ2v) is 6.88. The Labute approximate surface area is 155 Å². The molecule has 1 saturated heterocycles. The molecule has 0 spiro atoms. The number of rotatable bonds is 3. The maximum atomic E-state index is 14.3. The lowest BCUT2D eigenvalue weighted by molar-refractivity contribution is -0.205. The van der Waals surface area contributed by atoms with E-state index in [0.717, 1.165) is 5.56 Å². The smallest absolute Gasteiger partial charge is 0.378 e. The lowest BCUT2D eigenvalue weighted by Crippen LogP contribution is -2.61. The van der Waals surface area contributed by atoms with Gasteiger partial charge in [-0.1, -0.05) is 29.8 Å². The van der Waals surface area contributed by atoms with Gasteiger partial charge in [0.25, 0.3) is 5.91 Å². The van der Waals surface area contributed by atoms with Crippen molar-refractivity contribution >= 4 is 11.7 Å². The first-order valence-corrected chi connectivity index (χ1v) is 8.69. The van der Waals surface area contributed by atoms with Gasteiger partial charge in [-0.15, -0.1) is 0 Å². The summed E-state index contributed by atoms with van der Waals surface area (Å²) in [6.07, 6.45) is -5.27. The van der Waals surface area contributed by atoms with Crippen LogP contribution in [0.1, 0.15) is 24.5 Å². The summed E-state index contributed by atoms with van der Waals surface area (Å²) in [4.78, 5) is 26.4. The number of carbonyl (C=O) groups is 2. The zero-order valence-corrected chi connectivity index (χ0v) is 15.2. The van der Waals surface area contributed by atoms with E-state index in [4.69, 9.17) is 4.74 Å². The SMILES string of the molecule is CC(=O)C1=C(N2CCOCC2)CC(c2ccc(C)cc2)(C(F)(F)F)NC1=O. The monoisotopic (exact) mass is 382 g/mol. The zero-order valence-electron chi connectivity index (χ0n) is 15.2. The van der Waals surface area contributed by atoms with Crippen LogP contribution < -0.4 is 5.32 Å². The Morgan fingerprint density at radius 1 is 1.19 bits per heavy atom. The Kier molecular flexibility index (Phi) is 5.03. The molecule has 27 heavy (non-hydrogen) atoms. The van der Waals surface area contributed by atoms with Crippen LogP contribution in [0.2, 0.25) is 0 Å². The number of hydrogen-bond donors (Lipinski definition) is 1. The summed E-state index contributed by atoms with van der Waals surface area (Å²) in [6.45, 7) is 4.31. The van der Waals surface area contributed by atoms with Crippen LogP contribution in [-0.2, 0) is 19.9 Å². The number of morpholine rings is 1. The van der Waals surface area contributed by atoms with Gasteiger partial charge in [-0.05, 0) is 19.4 Å². The molecule has 1 fully saturated rings. The summed E-state index contributed by atoms with van der Waals surface area (Å²) < 4.78 is 48.0. The molecule has 1 N–H and O–H groups in total.